The minimum Gasteiger partial charge on any atom is -0.487 e. The summed E-state index contributed by atoms with van der Waals surface area (Å²) in [4.78, 5) is 4.28. The molecule has 0 unspecified atom stereocenters. The Hall–Kier alpha value is -1.13. The maximum absolute atomic E-state index is 13.6. The molecular weight excluding hydrogens is 333 g/mol. The molecule has 0 atom stereocenters. The number of alkyl halides is 1. The Bertz CT molecular complexity index is 592. The predicted molar refractivity (Wildman–Crippen MR) is 77.0 cm³/mol. The number of aryl methyl sites for hydroxylation is 1. The molecule has 5 heteroatoms. The van der Waals surface area contributed by atoms with Crippen LogP contribution in [0.4, 0.5) is 4.39 Å². The maximum Gasteiger partial charge on any atom is 0.142 e. The summed E-state index contributed by atoms with van der Waals surface area (Å²) in [6.45, 7) is 2.03. The van der Waals surface area contributed by atoms with Crippen molar-refractivity contribution in [2.24, 2.45) is 0 Å². The van der Waals surface area contributed by atoms with Crippen LogP contribution in [-0.4, -0.2) is 4.98 Å². The fraction of sp³-hybridized carbons (Fsp3) is 0.214. The molecule has 2 nitrogen and oxygen atoms in total. The largest absolute Gasteiger partial charge is 0.487 e. The van der Waals surface area contributed by atoms with Crippen molar-refractivity contribution >= 4 is 27.5 Å². The third-order valence-electron chi connectivity index (χ3n) is 2.60. The molecule has 0 spiro atoms. The van der Waals surface area contributed by atoms with Crippen molar-refractivity contribution in [3.05, 3.63) is 57.6 Å². The molecule has 0 saturated carbocycles. The minimum absolute atomic E-state index is 0.147. The lowest BCUT2D eigenvalue weighted by Gasteiger charge is -2.10. The number of ether oxygens (including phenoxy) is 1. The molecule has 0 radical (unpaired) electrons. The second-order valence-electron chi connectivity index (χ2n) is 4.06. The second kappa shape index (κ2) is 6.35. The van der Waals surface area contributed by atoms with Gasteiger partial charge in [0.1, 0.15) is 18.2 Å². The molecule has 1 aromatic carbocycles. The van der Waals surface area contributed by atoms with Gasteiger partial charge < -0.3 is 4.74 Å². The first-order chi connectivity index (χ1) is 9.10. The van der Waals surface area contributed by atoms with Gasteiger partial charge in [-0.15, -0.1) is 11.6 Å². The quantitative estimate of drug-likeness (QED) is 0.756. The van der Waals surface area contributed by atoms with Gasteiger partial charge >= 0.3 is 0 Å². The number of nitrogens with zero attached hydrogens (tertiary/aromatic N) is 1. The van der Waals surface area contributed by atoms with Crippen LogP contribution in [0.5, 0.6) is 5.75 Å². The third-order valence-corrected chi connectivity index (χ3v) is 3.34. The zero-order chi connectivity index (χ0) is 13.8. The minimum atomic E-state index is -0.304. The Balaban J connectivity index is 2.14. The molecule has 100 valence electrons. The van der Waals surface area contributed by atoms with Gasteiger partial charge in [-0.05, 0) is 31.2 Å². The summed E-state index contributed by atoms with van der Waals surface area (Å²) in [6, 6.07) is 8.51. The van der Waals surface area contributed by atoms with E-state index in [1.54, 1.807) is 18.2 Å². The van der Waals surface area contributed by atoms with Crippen LogP contribution in [-0.2, 0) is 12.5 Å². The van der Waals surface area contributed by atoms with Gasteiger partial charge in [0.2, 0.25) is 0 Å². The molecule has 0 bridgehead atoms. The van der Waals surface area contributed by atoms with Crippen LogP contribution in [0.25, 0.3) is 0 Å². The maximum atomic E-state index is 13.6. The Morgan fingerprint density at radius 3 is 2.79 bits per heavy atom. The Labute approximate surface area is 124 Å². The van der Waals surface area contributed by atoms with Gasteiger partial charge in [0, 0.05) is 15.7 Å². The number of aromatic nitrogens is 1. The zero-order valence-electron chi connectivity index (χ0n) is 10.3. The molecular formula is C14H12BrClFNO. The van der Waals surface area contributed by atoms with Gasteiger partial charge in [-0.25, -0.2) is 4.39 Å². The van der Waals surface area contributed by atoms with Crippen LogP contribution >= 0.6 is 27.5 Å². The molecule has 2 aromatic rings. The van der Waals surface area contributed by atoms with E-state index in [1.807, 2.05) is 13.0 Å². The van der Waals surface area contributed by atoms with E-state index in [0.29, 0.717) is 21.5 Å². The van der Waals surface area contributed by atoms with Gasteiger partial charge in [0.15, 0.2) is 0 Å². The predicted octanol–water partition coefficient (Wildman–Crippen LogP) is 4.61. The highest BCUT2D eigenvalue weighted by atomic mass is 79.9. The monoisotopic (exact) mass is 343 g/mol. The lowest BCUT2D eigenvalue weighted by Crippen LogP contribution is -2.02. The number of pyridine rings is 1. The van der Waals surface area contributed by atoms with Crippen LogP contribution in [0.15, 0.2) is 34.8 Å². The summed E-state index contributed by atoms with van der Waals surface area (Å²) in [5.74, 6) is 0.546. The van der Waals surface area contributed by atoms with Crippen molar-refractivity contribution in [1.29, 1.82) is 0 Å². The molecule has 1 aromatic heterocycles. The first kappa shape index (κ1) is 14.3. The fourth-order valence-electron chi connectivity index (χ4n) is 1.62. The SMILES string of the molecule is Cc1ccc(OCc2ccc(Br)cc2F)c(CCl)n1. The topological polar surface area (TPSA) is 22.1 Å². The second-order valence-corrected chi connectivity index (χ2v) is 5.24. The molecule has 0 aliphatic carbocycles. The average Bonchev–Trinajstić information content (AvgIpc) is 2.39. The van der Waals surface area contributed by atoms with E-state index >= 15 is 0 Å². The number of benzene rings is 1. The van der Waals surface area contributed by atoms with Gasteiger partial charge in [-0.1, -0.05) is 22.0 Å². The van der Waals surface area contributed by atoms with Crippen molar-refractivity contribution in [3.8, 4) is 5.75 Å². The van der Waals surface area contributed by atoms with E-state index in [9.17, 15) is 4.39 Å². The standard InChI is InChI=1S/C14H12BrClFNO/c1-9-2-5-14(13(7-16)18-9)19-8-10-3-4-11(15)6-12(10)17/h2-6H,7-8H2,1H3. The van der Waals surface area contributed by atoms with Gasteiger partial charge in [-0.2, -0.15) is 0 Å². The van der Waals surface area contributed by atoms with Crippen LogP contribution in [0.2, 0.25) is 0 Å². The Morgan fingerprint density at radius 1 is 1.32 bits per heavy atom. The number of halogens is 3. The van der Waals surface area contributed by atoms with E-state index in [1.165, 1.54) is 6.07 Å². The molecule has 0 saturated heterocycles. The van der Waals surface area contributed by atoms with Gasteiger partial charge in [-0.3, -0.25) is 4.98 Å². The molecule has 0 amide bonds. The van der Waals surface area contributed by atoms with Crippen LogP contribution < -0.4 is 4.74 Å². The number of rotatable bonds is 4. The summed E-state index contributed by atoms with van der Waals surface area (Å²) in [5, 5.41) is 0. The highest BCUT2D eigenvalue weighted by Gasteiger charge is 2.08. The van der Waals surface area contributed by atoms with E-state index in [0.717, 1.165) is 5.69 Å². The smallest absolute Gasteiger partial charge is 0.142 e. The molecule has 0 fully saturated rings. The van der Waals surface area contributed by atoms with Crippen molar-refractivity contribution in [2.45, 2.75) is 19.4 Å². The first-order valence-corrected chi connectivity index (χ1v) is 7.02. The number of hydrogen-bond acceptors (Lipinski definition) is 2. The summed E-state index contributed by atoms with van der Waals surface area (Å²) < 4.78 is 19.9. The van der Waals surface area contributed by atoms with Crippen LogP contribution in [0.1, 0.15) is 17.0 Å². The molecule has 0 aliphatic heterocycles. The summed E-state index contributed by atoms with van der Waals surface area (Å²) >= 11 is 9.03. The molecule has 0 aliphatic rings. The molecule has 2 rings (SSSR count). The van der Waals surface area contributed by atoms with E-state index in [4.69, 9.17) is 16.3 Å². The number of hydrogen-bond donors (Lipinski definition) is 0. The summed E-state index contributed by atoms with van der Waals surface area (Å²) in [7, 11) is 0. The lowest BCUT2D eigenvalue weighted by atomic mass is 10.2. The van der Waals surface area contributed by atoms with Crippen LogP contribution in [0.3, 0.4) is 0 Å². The third kappa shape index (κ3) is 3.67. The molecule has 19 heavy (non-hydrogen) atoms. The zero-order valence-corrected chi connectivity index (χ0v) is 12.6. The molecule has 0 N–H and O–H groups in total. The fourth-order valence-corrected chi connectivity index (χ4v) is 2.14. The van der Waals surface area contributed by atoms with Gasteiger partial charge in [0.25, 0.3) is 0 Å². The Morgan fingerprint density at radius 2 is 2.11 bits per heavy atom. The van der Waals surface area contributed by atoms with Crippen molar-refractivity contribution in [1.82, 2.24) is 4.98 Å². The highest BCUT2D eigenvalue weighted by Crippen LogP contribution is 2.22. The molecule has 1 heterocycles. The van der Waals surface area contributed by atoms with Crippen molar-refractivity contribution < 1.29 is 9.13 Å². The van der Waals surface area contributed by atoms with Gasteiger partial charge in [0.05, 0.1) is 11.6 Å². The first-order valence-electron chi connectivity index (χ1n) is 5.69. The summed E-state index contributed by atoms with van der Waals surface area (Å²) in [6.07, 6.45) is 0. The van der Waals surface area contributed by atoms with Crippen molar-refractivity contribution in [2.75, 3.05) is 0 Å². The van der Waals surface area contributed by atoms with E-state index < -0.39 is 0 Å². The van der Waals surface area contributed by atoms with Crippen molar-refractivity contribution in [3.63, 3.8) is 0 Å². The average molecular weight is 345 g/mol. The lowest BCUT2D eigenvalue weighted by molar-refractivity contribution is 0.296. The highest BCUT2D eigenvalue weighted by molar-refractivity contribution is 9.10. The van der Waals surface area contributed by atoms with E-state index in [2.05, 4.69) is 20.9 Å². The Kier molecular flexibility index (Phi) is 4.77. The normalized spacial score (nSPS) is 10.5. The summed E-state index contributed by atoms with van der Waals surface area (Å²) in [5.41, 5.74) is 2.03. The van der Waals surface area contributed by atoms with E-state index in [-0.39, 0.29) is 18.3 Å². The van der Waals surface area contributed by atoms with Crippen LogP contribution in [0, 0.1) is 12.7 Å².